The lowest BCUT2D eigenvalue weighted by molar-refractivity contribution is 0.101. The van der Waals surface area contributed by atoms with E-state index in [2.05, 4.69) is 16.8 Å². The Morgan fingerprint density at radius 3 is 2.47 bits per heavy atom. The zero-order chi connectivity index (χ0) is 24.6. The summed E-state index contributed by atoms with van der Waals surface area (Å²) in [5.41, 5.74) is 2.62. The molecule has 1 saturated heterocycles. The number of hydrogen-bond donors (Lipinski definition) is 1. The molecule has 34 heavy (non-hydrogen) atoms. The minimum Gasteiger partial charge on any atom is -0.506 e. The van der Waals surface area contributed by atoms with Crippen molar-refractivity contribution < 1.29 is 9.90 Å². The molecule has 0 aliphatic carbocycles. The zero-order valence-electron chi connectivity index (χ0n) is 20.1. The summed E-state index contributed by atoms with van der Waals surface area (Å²) in [4.78, 5) is 31.6. The van der Waals surface area contributed by atoms with Crippen LogP contribution in [0.15, 0.2) is 47.3 Å². The number of benzene rings is 2. The van der Waals surface area contributed by atoms with Crippen molar-refractivity contribution in [1.29, 1.82) is 0 Å². The number of amides is 1. The lowest BCUT2D eigenvalue weighted by Crippen LogP contribution is -2.44. The van der Waals surface area contributed by atoms with Crippen molar-refractivity contribution in [3.63, 3.8) is 0 Å². The number of halogens is 1. The van der Waals surface area contributed by atoms with Gasteiger partial charge in [-0.1, -0.05) is 26.0 Å². The molecule has 0 radical (unpaired) electrons. The second-order valence-corrected chi connectivity index (χ2v) is 10.4. The fraction of sp³-hybridized carbons (Fsp3) is 0.385. The molecular weight excluding hydrogens is 543 g/mol. The molecule has 4 rings (SSSR count). The lowest BCUT2D eigenvalue weighted by atomic mass is 10.1. The van der Waals surface area contributed by atoms with Crippen LogP contribution in [0.2, 0.25) is 0 Å². The largest absolute Gasteiger partial charge is 0.506 e. The van der Waals surface area contributed by atoms with Crippen LogP contribution in [0.3, 0.4) is 0 Å². The van der Waals surface area contributed by atoms with Crippen LogP contribution in [0, 0.1) is 12.8 Å². The second-order valence-electron chi connectivity index (χ2n) is 9.45. The lowest BCUT2D eigenvalue weighted by Gasteiger charge is -2.34. The van der Waals surface area contributed by atoms with E-state index in [1.54, 1.807) is 4.57 Å². The van der Waals surface area contributed by atoms with Crippen LogP contribution in [0.4, 0.5) is 11.4 Å². The summed E-state index contributed by atoms with van der Waals surface area (Å²) in [7, 11) is 2.11. The van der Waals surface area contributed by atoms with Gasteiger partial charge < -0.3 is 19.5 Å². The molecule has 0 spiro atoms. The Labute approximate surface area is 214 Å². The zero-order valence-corrected chi connectivity index (χ0v) is 22.2. The quantitative estimate of drug-likeness (QED) is 0.361. The van der Waals surface area contributed by atoms with Crippen LogP contribution in [-0.4, -0.2) is 53.7 Å². The summed E-state index contributed by atoms with van der Waals surface area (Å²) in [6.07, 6.45) is 0. The summed E-state index contributed by atoms with van der Waals surface area (Å²) in [6.45, 7) is 10.1. The van der Waals surface area contributed by atoms with Crippen LogP contribution in [0.25, 0.3) is 10.9 Å². The number of likely N-dealkylation sites (N-methyl/N-ethyl adjacent to an activating group) is 1. The average Bonchev–Trinajstić information content (AvgIpc) is 2.81. The number of aromatic hydroxyl groups is 1. The normalized spacial score (nSPS) is 14.7. The molecule has 1 N–H and O–H groups in total. The van der Waals surface area contributed by atoms with Crippen molar-refractivity contribution in [1.82, 2.24) is 9.47 Å². The van der Waals surface area contributed by atoms with Gasteiger partial charge in [-0.05, 0) is 55.8 Å². The Morgan fingerprint density at radius 1 is 1.12 bits per heavy atom. The number of nitrogens with zero attached hydrogens (tertiary/aromatic N) is 4. The highest BCUT2D eigenvalue weighted by molar-refractivity contribution is 14.1. The van der Waals surface area contributed by atoms with Gasteiger partial charge in [0.05, 0.1) is 34.1 Å². The number of piperazine rings is 1. The SMILES string of the molecule is Cc1cccc(N(I)C(=O)c2c(O)c3cc(N4CCN(C)CC4)ccc3n(CC(C)C)c2=O)c1. The van der Waals surface area contributed by atoms with Crippen molar-refractivity contribution in [2.24, 2.45) is 5.92 Å². The van der Waals surface area contributed by atoms with E-state index in [9.17, 15) is 14.7 Å². The smallest absolute Gasteiger partial charge is 0.276 e. The Bertz CT molecular complexity index is 1280. The highest BCUT2D eigenvalue weighted by Gasteiger charge is 2.27. The second kappa shape index (κ2) is 9.95. The van der Waals surface area contributed by atoms with E-state index in [1.165, 1.54) is 3.11 Å². The molecule has 1 aromatic heterocycles. The monoisotopic (exact) mass is 574 g/mol. The molecule has 2 aromatic carbocycles. The standard InChI is InChI=1S/C26H31IN4O3/c1-17(2)16-30-22-9-8-19(29-12-10-28(4)11-13-29)15-21(22)24(32)23(25(30)33)26(34)31(27)20-7-5-6-18(3)14-20/h5-9,14-15,17,32H,10-13,16H2,1-4H3. The molecule has 0 atom stereocenters. The van der Waals surface area contributed by atoms with E-state index in [1.807, 2.05) is 86.1 Å². The predicted molar refractivity (Wildman–Crippen MR) is 146 cm³/mol. The Balaban J connectivity index is 1.86. The van der Waals surface area contributed by atoms with Gasteiger partial charge in [0.15, 0.2) is 0 Å². The molecule has 0 bridgehead atoms. The van der Waals surface area contributed by atoms with Gasteiger partial charge in [0, 0.05) is 43.8 Å². The van der Waals surface area contributed by atoms with Crippen LogP contribution in [0.5, 0.6) is 5.75 Å². The highest BCUT2D eigenvalue weighted by atomic mass is 127. The fourth-order valence-electron chi connectivity index (χ4n) is 4.40. The number of carbonyl (C=O) groups excluding carboxylic acids is 1. The predicted octanol–water partition coefficient (Wildman–Crippen LogP) is 4.42. The van der Waals surface area contributed by atoms with Crippen molar-refractivity contribution >= 4 is 51.0 Å². The van der Waals surface area contributed by atoms with E-state index < -0.39 is 11.5 Å². The van der Waals surface area contributed by atoms with Crippen LogP contribution < -0.4 is 13.6 Å². The summed E-state index contributed by atoms with van der Waals surface area (Å²) < 4.78 is 3.03. The van der Waals surface area contributed by atoms with Gasteiger partial charge in [-0.15, -0.1) is 0 Å². The molecule has 8 heteroatoms. The molecular formula is C26H31IN4O3. The highest BCUT2D eigenvalue weighted by Crippen LogP contribution is 2.33. The van der Waals surface area contributed by atoms with Gasteiger partial charge in [0.1, 0.15) is 11.3 Å². The topological polar surface area (TPSA) is 69.0 Å². The number of fused-ring (bicyclic) bond motifs is 1. The van der Waals surface area contributed by atoms with E-state index >= 15 is 0 Å². The maximum atomic E-state index is 13.5. The summed E-state index contributed by atoms with van der Waals surface area (Å²) in [6, 6.07) is 13.3. The summed E-state index contributed by atoms with van der Waals surface area (Å²) in [5, 5.41) is 11.8. The minimum absolute atomic E-state index is 0.193. The number of carbonyl (C=O) groups is 1. The van der Waals surface area contributed by atoms with Crippen LogP contribution >= 0.6 is 22.9 Å². The number of anilines is 2. The first kappa shape index (κ1) is 24.5. The van der Waals surface area contributed by atoms with Gasteiger partial charge in [-0.2, -0.15) is 0 Å². The first-order valence-electron chi connectivity index (χ1n) is 11.6. The number of rotatable bonds is 5. The van der Waals surface area contributed by atoms with Gasteiger partial charge in [0.2, 0.25) is 0 Å². The molecule has 180 valence electrons. The molecule has 0 unspecified atom stereocenters. The number of aryl methyl sites for hydroxylation is 1. The number of pyridine rings is 1. The van der Waals surface area contributed by atoms with Crippen molar-refractivity contribution in [3.8, 4) is 5.75 Å². The number of hydrogen-bond acceptors (Lipinski definition) is 5. The third-order valence-corrected chi connectivity index (χ3v) is 7.25. The summed E-state index contributed by atoms with van der Waals surface area (Å²) in [5.74, 6) is -0.591. The average molecular weight is 574 g/mol. The maximum absolute atomic E-state index is 13.5. The van der Waals surface area contributed by atoms with Crippen LogP contribution in [0.1, 0.15) is 29.8 Å². The Hall–Kier alpha value is -2.59. The minimum atomic E-state index is -0.530. The third-order valence-electron chi connectivity index (χ3n) is 6.26. The van der Waals surface area contributed by atoms with Crippen molar-refractivity contribution in [2.45, 2.75) is 27.3 Å². The van der Waals surface area contributed by atoms with Gasteiger partial charge in [0.25, 0.3) is 11.5 Å². The van der Waals surface area contributed by atoms with Gasteiger partial charge >= 0.3 is 0 Å². The van der Waals surface area contributed by atoms with Crippen molar-refractivity contribution in [2.75, 3.05) is 41.2 Å². The van der Waals surface area contributed by atoms with E-state index in [0.717, 1.165) is 37.4 Å². The molecule has 3 aromatic rings. The molecule has 1 fully saturated rings. The Kier molecular flexibility index (Phi) is 7.18. The molecule has 0 saturated carbocycles. The third kappa shape index (κ3) is 4.79. The Morgan fingerprint density at radius 2 is 1.82 bits per heavy atom. The first-order chi connectivity index (χ1) is 16.2. The van der Waals surface area contributed by atoms with Crippen LogP contribution in [-0.2, 0) is 6.54 Å². The molecule has 2 heterocycles. The molecule has 1 aliphatic rings. The summed E-state index contributed by atoms with van der Waals surface area (Å²) >= 11 is 1.90. The maximum Gasteiger partial charge on any atom is 0.276 e. The first-order valence-corrected chi connectivity index (χ1v) is 12.5. The van der Waals surface area contributed by atoms with E-state index in [4.69, 9.17) is 0 Å². The van der Waals surface area contributed by atoms with E-state index in [-0.39, 0.29) is 17.2 Å². The fourth-order valence-corrected chi connectivity index (χ4v) is 4.94. The van der Waals surface area contributed by atoms with Gasteiger partial charge in [-0.25, -0.2) is 3.11 Å². The number of aromatic nitrogens is 1. The van der Waals surface area contributed by atoms with Crippen molar-refractivity contribution in [3.05, 3.63) is 63.9 Å². The van der Waals surface area contributed by atoms with E-state index in [0.29, 0.717) is 23.1 Å². The molecule has 7 nitrogen and oxygen atoms in total. The molecule has 1 aliphatic heterocycles. The van der Waals surface area contributed by atoms with Gasteiger partial charge in [-0.3, -0.25) is 9.59 Å². The molecule has 1 amide bonds.